The van der Waals surface area contributed by atoms with Gasteiger partial charge in [-0.05, 0) is 31.5 Å². The van der Waals surface area contributed by atoms with Gasteiger partial charge in [-0.2, -0.15) is 0 Å². The first kappa shape index (κ1) is 17.8. The van der Waals surface area contributed by atoms with E-state index in [1.807, 2.05) is 4.90 Å². The minimum Gasteiger partial charge on any atom is -0.325 e. The smallest absolute Gasteiger partial charge is 0.241 e. The highest BCUT2D eigenvalue weighted by Gasteiger charge is 2.29. The van der Waals surface area contributed by atoms with E-state index in [1.165, 1.54) is 0 Å². The minimum atomic E-state index is -3.12. The van der Waals surface area contributed by atoms with Gasteiger partial charge in [-0.3, -0.25) is 9.69 Å². The van der Waals surface area contributed by atoms with Crippen molar-refractivity contribution < 1.29 is 22.0 Å². The van der Waals surface area contributed by atoms with Crippen molar-refractivity contribution in [1.82, 2.24) is 4.90 Å². The molecule has 8 heteroatoms. The Hall–Kier alpha value is -1.54. The SMILES string of the molecule is CS(=O)(=O)CCN1CCCCC1C(=O)Nc1cc(F)cc(F)c1. The Balaban J connectivity index is 2.05. The third kappa shape index (κ3) is 5.54. The van der Waals surface area contributed by atoms with Gasteiger partial charge in [0.05, 0.1) is 11.8 Å². The first-order valence-electron chi connectivity index (χ1n) is 7.43. The highest BCUT2D eigenvalue weighted by Crippen LogP contribution is 2.20. The number of sulfone groups is 1. The molecule has 0 aromatic heterocycles. The minimum absolute atomic E-state index is 0.0224. The Morgan fingerprint density at radius 3 is 2.52 bits per heavy atom. The lowest BCUT2D eigenvalue weighted by Crippen LogP contribution is -2.48. The van der Waals surface area contributed by atoms with Crippen molar-refractivity contribution in [1.29, 1.82) is 0 Å². The van der Waals surface area contributed by atoms with Gasteiger partial charge in [-0.1, -0.05) is 6.42 Å². The highest BCUT2D eigenvalue weighted by molar-refractivity contribution is 7.90. The summed E-state index contributed by atoms with van der Waals surface area (Å²) in [6.45, 7) is 0.902. The molecule has 0 radical (unpaired) electrons. The van der Waals surface area contributed by atoms with E-state index in [0.717, 1.165) is 37.3 Å². The molecule has 1 aromatic carbocycles. The summed E-state index contributed by atoms with van der Waals surface area (Å²) in [4.78, 5) is 14.2. The molecule has 5 nitrogen and oxygen atoms in total. The maximum atomic E-state index is 13.2. The lowest BCUT2D eigenvalue weighted by molar-refractivity contribution is -0.122. The Bertz CT molecular complexity index is 659. The van der Waals surface area contributed by atoms with E-state index in [4.69, 9.17) is 0 Å². The molecule has 1 N–H and O–H groups in total. The molecule has 0 aliphatic carbocycles. The van der Waals surface area contributed by atoms with Crippen LogP contribution >= 0.6 is 0 Å². The van der Waals surface area contributed by atoms with E-state index in [0.29, 0.717) is 13.0 Å². The largest absolute Gasteiger partial charge is 0.325 e. The van der Waals surface area contributed by atoms with E-state index in [1.54, 1.807) is 0 Å². The molecule has 1 fully saturated rings. The number of benzene rings is 1. The fourth-order valence-electron chi connectivity index (χ4n) is 2.69. The van der Waals surface area contributed by atoms with Crippen molar-refractivity contribution in [2.75, 3.05) is 30.4 Å². The number of nitrogens with zero attached hydrogens (tertiary/aromatic N) is 1. The Morgan fingerprint density at radius 1 is 1.26 bits per heavy atom. The zero-order valence-corrected chi connectivity index (χ0v) is 13.7. The quantitative estimate of drug-likeness (QED) is 0.883. The van der Waals surface area contributed by atoms with Crippen LogP contribution in [0.3, 0.4) is 0 Å². The van der Waals surface area contributed by atoms with Crippen molar-refractivity contribution in [3.63, 3.8) is 0 Å². The number of amides is 1. The number of rotatable bonds is 5. The number of carbonyl (C=O) groups excluding carboxylic acids is 1. The average Bonchev–Trinajstić information content (AvgIpc) is 2.43. The van der Waals surface area contributed by atoms with Gasteiger partial charge in [0.1, 0.15) is 21.5 Å². The zero-order chi connectivity index (χ0) is 17.0. The maximum Gasteiger partial charge on any atom is 0.241 e. The van der Waals surface area contributed by atoms with Crippen molar-refractivity contribution >= 4 is 21.4 Å². The van der Waals surface area contributed by atoms with Gasteiger partial charge in [-0.15, -0.1) is 0 Å². The molecule has 1 aliphatic rings. The first-order chi connectivity index (χ1) is 10.7. The number of carbonyl (C=O) groups is 1. The van der Waals surface area contributed by atoms with Crippen LogP contribution in [0.1, 0.15) is 19.3 Å². The van der Waals surface area contributed by atoms with Crippen LogP contribution in [0.5, 0.6) is 0 Å². The summed E-state index contributed by atoms with van der Waals surface area (Å²) >= 11 is 0. The molecule has 1 amide bonds. The van der Waals surface area contributed by atoms with Crippen molar-refractivity contribution in [2.45, 2.75) is 25.3 Å². The summed E-state index contributed by atoms with van der Waals surface area (Å²) in [5.74, 6) is -1.93. The second-order valence-electron chi connectivity index (χ2n) is 5.82. The van der Waals surface area contributed by atoms with Crippen LogP contribution in [0.4, 0.5) is 14.5 Å². The van der Waals surface area contributed by atoms with Crippen LogP contribution in [0.15, 0.2) is 18.2 Å². The summed E-state index contributed by atoms with van der Waals surface area (Å²) in [6, 6.07) is 2.33. The fraction of sp³-hybridized carbons (Fsp3) is 0.533. The summed E-state index contributed by atoms with van der Waals surface area (Å²) in [6.07, 6.45) is 3.49. The van der Waals surface area contributed by atoms with Crippen LogP contribution in [-0.4, -0.2) is 50.4 Å². The van der Waals surface area contributed by atoms with Gasteiger partial charge in [0.2, 0.25) is 5.91 Å². The van der Waals surface area contributed by atoms with Crippen LogP contribution in [0, 0.1) is 11.6 Å². The number of halogens is 2. The van der Waals surface area contributed by atoms with Gasteiger partial charge < -0.3 is 5.32 Å². The number of hydrogen-bond donors (Lipinski definition) is 1. The summed E-state index contributed by atoms with van der Waals surface area (Å²) in [7, 11) is -3.12. The molecule has 23 heavy (non-hydrogen) atoms. The van der Waals surface area contributed by atoms with E-state index in [2.05, 4.69) is 5.32 Å². The van der Waals surface area contributed by atoms with Crippen LogP contribution in [0.2, 0.25) is 0 Å². The number of anilines is 1. The maximum absolute atomic E-state index is 13.2. The van der Waals surface area contributed by atoms with Gasteiger partial charge in [0, 0.05) is 24.6 Å². The van der Waals surface area contributed by atoms with Crippen LogP contribution < -0.4 is 5.32 Å². The number of likely N-dealkylation sites (tertiary alicyclic amines) is 1. The number of piperidine rings is 1. The van der Waals surface area contributed by atoms with Crippen molar-refractivity contribution in [2.24, 2.45) is 0 Å². The number of hydrogen-bond acceptors (Lipinski definition) is 4. The van der Waals surface area contributed by atoms with Crippen molar-refractivity contribution in [3.8, 4) is 0 Å². The third-order valence-corrected chi connectivity index (χ3v) is 4.72. The van der Waals surface area contributed by atoms with Crippen LogP contribution in [-0.2, 0) is 14.6 Å². The predicted octanol–water partition coefficient (Wildman–Crippen LogP) is 1.80. The first-order valence-corrected chi connectivity index (χ1v) is 9.49. The summed E-state index contributed by atoms with van der Waals surface area (Å²) in [5, 5.41) is 2.51. The zero-order valence-electron chi connectivity index (χ0n) is 12.9. The predicted molar refractivity (Wildman–Crippen MR) is 83.9 cm³/mol. The molecule has 0 bridgehead atoms. The average molecular weight is 346 g/mol. The molecule has 128 valence electrons. The van der Waals surface area contributed by atoms with Gasteiger partial charge >= 0.3 is 0 Å². The molecule has 1 atom stereocenters. The third-order valence-electron chi connectivity index (χ3n) is 3.80. The summed E-state index contributed by atoms with van der Waals surface area (Å²) in [5.41, 5.74) is 0.0566. The van der Waals surface area contributed by atoms with Gasteiger partial charge in [-0.25, -0.2) is 17.2 Å². The monoisotopic (exact) mass is 346 g/mol. The number of nitrogens with one attached hydrogen (secondary N) is 1. The van der Waals surface area contributed by atoms with Gasteiger partial charge in [0.15, 0.2) is 0 Å². The Kier molecular flexibility index (Phi) is 5.69. The van der Waals surface area contributed by atoms with Crippen LogP contribution in [0.25, 0.3) is 0 Å². The highest BCUT2D eigenvalue weighted by atomic mass is 32.2. The molecule has 1 aliphatic heterocycles. The van der Waals surface area contributed by atoms with Crippen molar-refractivity contribution in [3.05, 3.63) is 29.8 Å². The normalized spacial score (nSPS) is 19.5. The molecule has 0 spiro atoms. The molecular weight excluding hydrogens is 326 g/mol. The molecule has 1 saturated heterocycles. The van der Waals surface area contributed by atoms with E-state index >= 15 is 0 Å². The van der Waals surface area contributed by atoms with E-state index in [-0.39, 0.29) is 23.9 Å². The lowest BCUT2D eigenvalue weighted by Gasteiger charge is -2.34. The molecule has 1 aromatic rings. The summed E-state index contributed by atoms with van der Waals surface area (Å²) < 4.78 is 49.0. The lowest BCUT2D eigenvalue weighted by atomic mass is 10.0. The van der Waals surface area contributed by atoms with Gasteiger partial charge in [0.25, 0.3) is 0 Å². The Labute approximate surface area is 134 Å². The van der Waals surface area contributed by atoms with E-state index in [9.17, 15) is 22.0 Å². The Morgan fingerprint density at radius 2 is 1.91 bits per heavy atom. The van der Waals surface area contributed by atoms with E-state index < -0.39 is 27.5 Å². The standard InChI is InChI=1S/C15H20F2N2O3S/c1-23(21,22)7-6-19-5-3-2-4-14(19)15(20)18-13-9-11(16)8-12(17)10-13/h8-10,14H,2-7H2,1H3,(H,18,20). The second-order valence-corrected chi connectivity index (χ2v) is 8.08. The topological polar surface area (TPSA) is 66.5 Å². The molecule has 2 rings (SSSR count). The fourth-order valence-corrected chi connectivity index (χ4v) is 3.26. The molecule has 1 heterocycles. The second kappa shape index (κ2) is 7.35. The molecular formula is C15H20F2N2O3S. The molecule has 1 unspecified atom stereocenters. The molecule has 0 saturated carbocycles.